The molecule has 1 saturated heterocycles. The molecule has 0 radical (unpaired) electrons. The van der Waals surface area contributed by atoms with E-state index in [2.05, 4.69) is 5.32 Å². The van der Waals surface area contributed by atoms with Crippen LogP contribution in [0.1, 0.15) is 25.3 Å². The standard InChI is InChI=1S/C16H18N2O3S/c1-2-6-14(19)17-9-10-18-15(20)13(22-16(18)21)11-12-7-4-3-5-8-12/h3-5,7-8,11H,2,6,9-10H2,1H3,(H,17,19)/b13-11-. The van der Waals surface area contributed by atoms with E-state index in [1.807, 2.05) is 37.3 Å². The van der Waals surface area contributed by atoms with Crippen molar-refractivity contribution in [1.82, 2.24) is 10.2 Å². The monoisotopic (exact) mass is 318 g/mol. The molecule has 1 heterocycles. The van der Waals surface area contributed by atoms with Gasteiger partial charge in [0.15, 0.2) is 0 Å². The Morgan fingerprint density at radius 2 is 2.00 bits per heavy atom. The molecule has 5 nitrogen and oxygen atoms in total. The first-order valence-corrected chi connectivity index (χ1v) is 8.00. The molecule has 0 bridgehead atoms. The third kappa shape index (κ3) is 4.21. The van der Waals surface area contributed by atoms with E-state index in [-0.39, 0.29) is 30.1 Å². The zero-order valence-corrected chi connectivity index (χ0v) is 13.2. The van der Waals surface area contributed by atoms with Crippen LogP contribution in [0.2, 0.25) is 0 Å². The number of imide groups is 1. The Bertz CT molecular complexity index is 599. The summed E-state index contributed by atoms with van der Waals surface area (Å²) in [6.45, 7) is 2.41. The van der Waals surface area contributed by atoms with Crippen molar-refractivity contribution >= 4 is 34.9 Å². The second-order valence-electron chi connectivity index (χ2n) is 4.84. The summed E-state index contributed by atoms with van der Waals surface area (Å²) in [5, 5.41) is 2.41. The largest absolute Gasteiger partial charge is 0.354 e. The van der Waals surface area contributed by atoms with Crippen LogP contribution < -0.4 is 5.32 Å². The highest BCUT2D eigenvalue weighted by Gasteiger charge is 2.34. The summed E-state index contributed by atoms with van der Waals surface area (Å²) in [4.78, 5) is 37.1. The van der Waals surface area contributed by atoms with Gasteiger partial charge in [0.2, 0.25) is 5.91 Å². The predicted octanol–water partition coefficient (Wildman–Crippen LogP) is 2.64. The SMILES string of the molecule is CCCC(=O)NCCN1C(=O)S/C(=C\c2ccccc2)C1=O. The molecule has 1 aromatic carbocycles. The molecule has 0 aromatic heterocycles. The first-order chi connectivity index (χ1) is 10.6. The van der Waals surface area contributed by atoms with E-state index in [1.165, 1.54) is 4.90 Å². The highest BCUT2D eigenvalue weighted by Crippen LogP contribution is 2.31. The van der Waals surface area contributed by atoms with E-state index in [1.54, 1.807) is 6.08 Å². The van der Waals surface area contributed by atoms with Gasteiger partial charge >= 0.3 is 0 Å². The van der Waals surface area contributed by atoms with E-state index < -0.39 is 0 Å². The van der Waals surface area contributed by atoms with Crippen LogP contribution in [-0.2, 0) is 9.59 Å². The number of thioether (sulfide) groups is 1. The lowest BCUT2D eigenvalue weighted by atomic mass is 10.2. The number of carbonyl (C=O) groups is 3. The van der Waals surface area contributed by atoms with E-state index >= 15 is 0 Å². The molecule has 116 valence electrons. The summed E-state index contributed by atoms with van der Waals surface area (Å²) in [7, 11) is 0. The van der Waals surface area contributed by atoms with Crippen molar-refractivity contribution < 1.29 is 14.4 Å². The van der Waals surface area contributed by atoms with E-state index in [4.69, 9.17) is 0 Å². The second kappa shape index (κ2) is 7.79. The highest BCUT2D eigenvalue weighted by atomic mass is 32.2. The van der Waals surface area contributed by atoms with Crippen molar-refractivity contribution in [1.29, 1.82) is 0 Å². The molecule has 0 spiro atoms. The van der Waals surface area contributed by atoms with Crippen LogP contribution in [0, 0.1) is 0 Å². The molecular weight excluding hydrogens is 300 g/mol. The minimum atomic E-state index is -0.302. The molecule has 6 heteroatoms. The number of benzene rings is 1. The summed E-state index contributed by atoms with van der Waals surface area (Å²) >= 11 is 0.932. The molecule has 0 atom stereocenters. The fourth-order valence-corrected chi connectivity index (χ4v) is 2.88. The van der Waals surface area contributed by atoms with Gasteiger partial charge in [-0.25, -0.2) is 0 Å². The van der Waals surface area contributed by atoms with Crippen molar-refractivity contribution in [3.05, 3.63) is 40.8 Å². The lowest BCUT2D eigenvalue weighted by Crippen LogP contribution is -2.37. The molecule has 1 aliphatic heterocycles. The smallest absolute Gasteiger partial charge is 0.293 e. The molecular formula is C16H18N2O3S. The van der Waals surface area contributed by atoms with Crippen LogP contribution in [-0.4, -0.2) is 35.0 Å². The zero-order chi connectivity index (χ0) is 15.9. The maximum atomic E-state index is 12.2. The zero-order valence-electron chi connectivity index (χ0n) is 12.4. The second-order valence-corrected chi connectivity index (χ2v) is 5.84. The molecule has 3 amide bonds. The Hall–Kier alpha value is -2.08. The van der Waals surface area contributed by atoms with Crippen LogP contribution >= 0.6 is 11.8 Å². The summed E-state index contributed by atoms with van der Waals surface area (Å²) < 4.78 is 0. The van der Waals surface area contributed by atoms with Crippen molar-refractivity contribution in [2.24, 2.45) is 0 Å². The number of amides is 3. The molecule has 1 aliphatic rings. The van der Waals surface area contributed by atoms with Gasteiger partial charge in [-0.2, -0.15) is 0 Å². The summed E-state index contributed by atoms with van der Waals surface area (Å²) in [5.41, 5.74) is 0.879. The van der Waals surface area contributed by atoms with Gasteiger partial charge in [0, 0.05) is 19.5 Å². The lowest BCUT2D eigenvalue weighted by molar-refractivity contribution is -0.124. The first kappa shape index (κ1) is 16.3. The Morgan fingerprint density at radius 3 is 2.68 bits per heavy atom. The lowest BCUT2D eigenvalue weighted by Gasteiger charge is -2.12. The molecule has 0 unspecified atom stereocenters. The summed E-state index contributed by atoms with van der Waals surface area (Å²) in [6.07, 6.45) is 2.93. The van der Waals surface area contributed by atoms with Gasteiger partial charge in [-0.15, -0.1) is 0 Å². The van der Waals surface area contributed by atoms with Crippen molar-refractivity contribution in [3.8, 4) is 0 Å². The number of nitrogens with zero attached hydrogens (tertiary/aromatic N) is 1. The minimum Gasteiger partial charge on any atom is -0.354 e. The van der Waals surface area contributed by atoms with Crippen molar-refractivity contribution in [2.45, 2.75) is 19.8 Å². The third-order valence-electron chi connectivity index (χ3n) is 3.11. The quantitative estimate of drug-likeness (QED) is 0.819. The number of carbonyl (C=O) groups excluding carboxylic acids is 3. The molecule has 0 saturated carbocycles. The molecule has 2 rings (SSSR count). The van der Waals surface area contributed by atoms with Gasteiger partial charge in [0.1, 0.15) is 0 Å². The summed E-state index contributed by atoms with van der Waals surface area (Å²) in [5.74, 6) is -0.363. The molecule has 1 fully saturated rings. The van der Waals surface area contributed by atoms with Gasteiger partial charge in [0.05, 0.1) is 4.91 Å². The number of rotatable bonds is 6. The summed E-state index contributed by atoms with van der Waals surface area (Å²) in [6, 6.07) is 9.39. The maximum Gasteiger partial charge on any atom is 0.293 e. The fraction of sp³-hybridized carbons (Fsp3) is 0.312. The molecule has 0 aliphatic carbocycles. The molecule has 22 heavy (non-hydrogen) atoms. The average molecular weight is 318 g/mol. The maximum absolute atomic E-state index is 12.2. The van der Waals surface area contributed by atoms with Crippen LogP contribution in [0.3, 0.4) is 0 Å². The van der Waals surface area contributed by atoms with Crippen LogP contribution in [0.5, 0.6) is 0 Å². The highest BCUT2D eigenvalue weighted by molar-refractivity contribution is 8.18. The van der Waals surface area contributed by atoms with Crippen LogP contribution in [0.4, 0.5) is 4.79 Å². The Morgan fingerprint density at radius 1 is 1.27 bits per heavy atom. The first-order valence-electron chi connectivity index (χ1n) is 7.19. The Balaban J connectivity index is 1.94. The average Bonchev–Trinajstić information content (AvgIpc) is 2.76. The van der Waals surface area contributed by atoms with Crippen molar-refractivity contribution in [3.63, 3.8) is 0 Å². The normalized spacial score (nSPS) is 16.4. The van der Waals surface area contributed by atoms with Gasteiger partial charge < -0.3 is 5.32 Å². The predicted molar refractivity (Wildman–Crippen MR) is 87.0 cm³/mol. The fourth-order valence-electron chi connectivity index (χ4n) is 2.02. The van der Waals surface area contributed by atoms with Gasteiger partial charge in [-0.3, -0.25) is 19.3 Å². The van der Waals surface area contributed by atoms with E-state index in [0.29, 0.717) is 11.3 Å². The third-order valence-corrected chi connectivity index (χ3v) is 4.01. The number of hydrogen-bond acceptors (Lipinski definition) is 4. The molecule has 1 N–H and O–H groups in total. The number of nitrogens with one attached hydrogen (secondary N) is 1. The minimum absolute atomic E-state index is 0.0608. The number of hydrogen-bond donors (Lipinski definition) is 1. The van der Waals surface area contributed by atoms with Gasteiger partial charge in [-0.1, -0.05) is 37.3 Å². The van der Waals surface area contributed by atoms with E-state index in [0.717, 1.165) is 23.7 Å². The van der Waals surface area contributed by atoms with Crippen molar-refractivity contribution in [2.75, 3.05) is 13.1 Å². The van der Waals surface area contributed by atoms with Crippen LogP contribution in [0.15, 0.2) is 35.2 Å². The van der Waals surface area contributed by atoms with E-state index in [9.17, 15) is 14.4 Å². The van der Waals surface area contributed by atoms with Crippen LogP contribution in [0.25, 0.3) is 6.08 Å². The van der Waals surface area contributed by atoms with Gasteiger partial charge in [0.25, 0.3) is 11.1 Å². The Kier molecular flexibility index (Phi) is 5.77. The van der Waals surface area contributed by atoms with Gasteiger partial charge in [-0.05, 0) is 29.8 Å². The topological polar surface area (TPSA) is 66.5 Å². The Labute approximate surface area is 133 Å². The molecule has 1 aromatic rings.